The van der Waals surface area contributed by atoms with Gasteiger partial charge in [0.2, 0.25) is 10.0 Å². The van der Waals surface area contributed by atoms with Crippen molar-refractivity contribution in [3.8, 4) is 0 Å². The number of hydrogen-bond acceptors (Lipinski definition) is 3. The fourth-order valence-corrected chi connectivity index (χ4v) is 3.40. The molecule has 5 nitrogen and oxygen atoms in total. The fraction of sp³-hybridized carbons (Fsp3) is 0.133. The number of rotatable bonds is 4. The minimum Gasteiger partial charge on any atom is -0.319 e. The van der Waals surface area contributed by atoms with E-state index >= 15 is 0 Å². The van der Waals surface area contributed by atoms with Crippen LogP contribution in [0, 0.1) is 5.82 Å². The van der Waals surface area contributed by atoms with Gasteiger partial charge in [0.25, 0.3) is 5.91 Å². The zero-order valence-electron chi connectivity index (χ0n) is 12.7. The number of benzene rings is 2. The van der Waals surface area contributed by atoms with Crippen LogP contribution in [0.5, 0.6) is 0 Å². The molecule has 9 heteroatoms. The van der Waals surface area contributed by atoms with Crippen LogP contribution in [0.25, 0.3) is 0 Å². The van der Waals surface area contributed by atoms with Gasteiger partial charge in [-0.15, -0.1) is 0 Å². The van der Waals surface area contributed by atoms with E-state index in [0.717, 1.165) is 10.4 Å². The lowest BCUT2D eigenvalue weighted by atomic mass is 10.2. The van der Waals surface area contributed by atoms with Crippen molar-refractivity contribution in [1.29, 1.82) is 0 Å². The molecule has 0 aliphatic carbocycles. The average Bonchev–Trinajstić information content (AvgIpc) is 2.51. The van der Waals surface area contributed by atoms with Gasteiger partial charge >= 0.3 is 0 Å². The van der Waals surface area contributed by atoms with Crippen LogP contribution in [0.1, 0.15) is 10.4 Å². The molecule has 1 N–H and O–H groups in total. The SMILES string of the molecule is CN(C)S(=O)(=O)c1cc(C(=O)Nc2cccc(Cl)c2F)ccc1Cl. The van der Waals surface area contributed by atoms with Gasteiger partial charge in [-0.3, -0.25) is 4.79 Å². The molecule has 2 aromatic rings. The monoisotopic (exact) mass is 390 g/mol. The van der Waals surface area contributed by atoms with E-state index in [2.05, 4.69) is 5.32 Å². The Morgan fingerprint density at radius 3 is 2.42 bits per heavy atom. The summed E-state index contributed by atoms with van der Waals surface area (Å²) in [6.07, 6.45) is 0. The van der Waals surface area contributed by atoms with E-state index in [0.29, 0.717) is 0 Å². The Kier molecular flexibility index (Phi) is 5.49. The predicted octanol–water partition coefficient (Wildman–Crippen LogP) is 3.64. The van der Waals surface area contributed by atoms with Gasteiger partial charge in [0.1, 0.15) is 4.90 Å². The van der Waals surface area contributed by atoms with Crippen LogP contribution in [0.3, 0.4) is 0 Å². The minimum atomic E-state index is -3.83. The molecule has 24 heavy (non-hydrogen) atoms. The second-order valence-corrected chi connectivity index (χ2v) is 7.92. The van der Waals surface area contributed by atoms with E-state index in [1.165, 1.54) is 44.4 Å². The van der Waals surface area contributed by atoms with Crippen LogP contribution in [-0.4, -0.2) is 32.7 Å². The number of carbonyl (C=O) groups is 1. The number of carbonyl (C=O) groups excluding carboxylic acids is 1. The Labute approximate surface area is 149 Å². The van der Waals surface area contributed by atoms with Crippen molar-refractivity contribution in [2.45, 2.75) is 4.90 Å². The van der Waals surface area contributed by atoms with Gasteiger partial charge in [-0.05, 0) is 30.3 Å². The Bertz CT molecular complexity index is 902. The van der Waals surface area contributed by atoms with E-state index in [4.69, 9.17) is 23.2 Å². The topological polar surface area (TPSA) is 66.5 Å². The van der Waals surface area contributed by atoms with Gasteiger partial charge in [0.05, 0.1) is 15.7 Å². The lowest BCUT2D eigenvalue weighted by molar-refractivity contribution is 0.102. The summed E-state index contributed by atoms with van der Waals surface area (Å²) in [7, 11) is -1.13. The van der Waals surface area contributed by atoms with Crippen molar-refractivity contribution >= 4 is 44.8 Å². The highest BCUT2D eigenvalue weighted by molar-refractivity contribution is 7.89. The molecule has 0 saturated carbocycles. The highest BCUT2D eigenvalue weighted by atomic mass is 35.5. The molecule has 0 heterocycles. The van der Waals surface area contributed by atoms with Crippen molar-refractivity contribution in [3.63, 3.8) is 0 Å². The molecular weight excluding hydrogens is 378 g/mol. The third-order valence-corrected chi connectivity index (χ3v) is 5.74. The second-order valence-electron chi connectivity index (χ2n) is 4.99. The van der Waals surface area contributed by atoms with Gasteiger partial charge in [-0.2, -0.15) is 0 Å². The number of anilines is 1. The Morgan fingerprint density at radius 1 is 1.12 bits per heavy atom. The summed E-state index contributed by atoms with van der Waals surface area (Å²) in [5, 5.41) is 2.19. The molecule has 2 rings (SSSR count). The zero-order chi connectivity index (χ0) is 18.1. The van der Waals surface area contributed by atoms with Crippen molar-refractivity contribution in [1.82, 2.24) is 4.31 Å². The van der Waals surface area contributed by atoms with Gasteiger partial charge in [-0.1, -0.05) is 29.3 Å². The maximum absolute atomic E-state index is 13.8. The molecule has 0 aliphatic heterocycles. The predicted molar refractivity (Wildman–Crippen MR) is 91.7 cm³/mol. The lowest BCUT2D eigenvalue weighted by Crippen LogP contribution is -2.23. The van der Waals surface area contributed by atoms with Gasteiger partial charge in [0, 0.05) is 19.7 Å². The number of nitrogens with zero attached hydrogens (tertiary/aromatic N) is 1. The molecule has 0 aromatic heterocycles. The van der Waals surface area contributed by atoms with Gasteiger partial charge < -0.3 is 5.32 Å². The van der Waals surface area contributed by atoms with Crippen molar-refractivity contribution in [2.75, 3.05) is 19.4 Å². The first-order valence-electron chi connectivity index (χ1n) is 6.62. The molecule has 2 aromatic carbocycles. The maximum Gasteiger partial charge on any atom is 0.255 e. The van der Waals surface area contributed by atoms with Crippen molar-refractivity contribution in [3.05, 3.63) is 57.8 Å². The van der Waals surface area contributed by atoms with Crippen LogP contribution in [-0.2, 0) is 10.0 Å². The summed E-state index contributed by atoms with van der Waals surface area (Å²) < 4.78 is 39.3. The number of hydrogen-bond donors (Lipinski definition) is 1. The molecule has 0 radical (unpaired) electrons. The summed E-state index contributed by atoms with van der Waals surface area (Å²) in [5.41, 5.74) is -0.0985. The molecule has 0 spiro atoms. The average molecular weight is 391 g/mol. The lowest BCUT2D eigenvalue weighted by Gasteiger charge is -2.14. The van der Waals surface area contributed by atoms with Crippen molar-refractivity contribution < 1.29 is 17.6 Å². The quantitative estimate of drug-likeness (QED) is 0.866. The molecule has 0 aliphatic rings. The van der Waals surface area contributed by atoms with E-state index in [9.17, 15) is 17.6 Å². The minimum absolute atomic E-state index is 0.0131. The summed E-state index contributed by atoms with van der Waals surface area (Å²) >= 11 is 11.6. The number of nitrogens with one attached hydrogen (secondary N) is 1. The number of sulfonamides is 1. The Hall–Kier alpha value is -1.67. The van der Waals surface area contributed by atoms with E-state index in [-0.39, 0.29) is 26.2 Å². The first-order chi connectivity index (χ1) is 11.1. The highest BCUT2D eigenvalue weighted by Crippen LogP contribution is 2.26. The second kappa shape index (κ2) is 7.06. The van der Waals surface area contributed by atoms with Crippen LogP contribution in [0.15, 0.2) is 41.3 Å². The van der Waals surface area contributed by atoms with E-state index in [1.54, 1.807) is 0 Å². The summed E-state index contributed by atoms with van der Waals surface area (Å²) in [5.74, 6) is -1.47. The highest BCUT2D eigenvalue weighted by Gasteiger charge is 2.22. The molecule has 0 saturated heterocycles. The molecular formula is C15H13Cl2FN2O3S. The maximum atomic E-state index is 13.8. The first-order valence-corrected chi connectivity index (χ1v) is 8.81. The third kappa shape index (κ3) is 3.70. The number of halogens is 3. The smallest absolute Gasteiger partial charge is 0.255 e. The first kappa shape index (κ1) is 18.7. The number of amides is 1. The van der Waals surface area contributed by atoms with Crippen LogP contribution in [0.4, 0.5) is 10.1 Å². The van der Waals surface area contributed by atoms with Gasteiger partial charge in [-0.25, -0.2) is 17.1 Å². The summed E-state index contributed by atoms with van der Waals surface area (Å²) in [6.45, 7) is 0. The van der Waals surface area contributed by atoms with Crippen LogP contribution < -0.4 is 5.32 Å². The van der Waals surface area contributed by atoms with Crippen molar-refractivity contribution in [2.24, 2.45) is 0 Å². The third-order valence-electron chi connectivity index (χ3n) is 3.15. The normalized spacial score (nSPS) is 11.6. The molecule has 1 amide bonds. The molecule has 0 atom stereocenters. The molecule has 0 unspecified atom stereocenters. The fourth-order valence-electron chi connectivity index (χ4n) is 1.83. The molecule has 128 valence electrons. The Balaban J connectivity index is 2.40. The summed E-state index contributed by atoms with van der Waals surface area (Å²) in [6, 6.07) is 7.93. The zero-order valence-corrected chi connectivity index (χ0v) is 15.0. The van der Waals surface area contributed by atoms with E-state index in [1.807, 2.05) is 0 Å². The standard InChI is InChI=1S/C15H13Cl2FN2O3S/c1-20(2)24(22,23)13-8-9(6-7-10(13)16)15(21)19-12-5-3-4-11(17)14(12)18/h3-8H,1-2H3,(H,19,21). The van der Waals surface area contributed by atoms with Gasteiger partial charge in [0.15, 0.2) is 5.82 Å². The molecule has 0 fully saturated rings. The Morgan fingerprint density at radius 2 is 1.79 bits per heavy atom. The summed E-state index contributed by atoms with van der Waals surface area (Å²) in [4.78, 5) is 12.1. The van der Waals surface area contributed by atoms with Crippen LogP contribution >= 0.6 is 23.2 Å². The molecule has 0 bridgehead atoms. The largest absolute Gasteiger partial charge is 0.319 e. The van der Waals surface area contributed by atoms with Crippen LogP contribution in [0.2, 0.25) is 10.0 Å². The van der Waals surface area contributed by atoms with E-state index < -0.39 is 21.7 Å².